The largest absolute Gasteiger partial charge is 0.457 e. The van der Waals surface area contributed by atoms with E-state index in [2.05, 4.69) is 213 Å². The van der Waals surface area contributed by atoms with E-state index in [4.69, 9.17) is 9.73 Å². The fraction of sp³-hybridized carbons (Fsp3) is 0.109. The highest BCUT2D eigenvalue weighted by Gasteiger charge is 2.47. The standard InChI is InChI=1S/C55H43NO/c1-54(37-50(40-21-7-3-8-22-40)56-51(38-54)43-25-17-23-41(35-43)39-19-5-2-6-20-39)45-28-18-24-42(36-45)46-29-11-12-30-47(46)55(44-26-9-4-10-27-44)48-31-13-15-33-52(48)57-53-34-16-14-32-49(53)55/h2-3,5-9,11-37H,4,10,38H2,1H3. The van der Waals surface area contributed by atoms with E-state index in [1.54, 1.807) is 0 Å². The smallest absolute Gasteiger partial charge is 0.132 e. The molecule has 7 aromatic carbocycles. The molecule has 0 N–H and O–H groups in total. The Hall–Kier alpha value is -6.77. The van der Waals surface area contributed by atoms with E-state index in [1.807, 2.05) is 0 Å². The lowest BCUT2D eigenvalue weighted by molar-refractivity contribution is 0.434. The molecule has 0 fully saturated rings. The predicted octanol–water partition coefficient (Wildman–Crippen LogP) is 13.9. The number of fused-ring (bicyclic) bond motifs is 2. The monoisotopic (exact) mass is 733 g/mol. The Morgan fingerprint density at radius 2 is 1.11 bits per heavy atom. The van der Waals surface area contributed by atoms with Crippen molar-refractivity contribution in [1.29, 1.82) is 0 Å². The van der Waals surface area contributed by atoms with Gasteiger partial charge in [0, 0.05) is 28.7 Å². The van der Waals surface area contributed by atoms with Crippen LogP contribution in [0.4, 0.5) is 0 Å². The van der Waals surface area contributed by atoms with Gasteiger partial charge in [0.1, 0.15) is 11.5 Å². The van der Waals surface area contributed by atoms with Gasteiger partial charge in [0.05, 0.1) is 11.1 Å². The van der Waals surface area contributed by atoms with Crippen molar-refractivity contribution >= 4 is 11.4 Å². The number of nitrogens with zero attached hydrogens (tertiary/aromatic N) is 1. The molecule has 0 saturated heterocycles. The molecule has 1 aliphatic carbocycles. The molecular formula is C55H43NO. The van der Waals surface area contributed by atoms with E-state index < -0.39 is 5.41 Å². The van der Waals surface area contributed by atoms with Crippen molar-refractivity contribution in [3.63, 3.8) is 0 Å². The molecule has 1 atom stereocenters. The molecule has 274 valence electrons. The van der Waals surface area contributed by atoms with E-state index >= 15 is 0 Å². The number of allylic oxidation sites excluding steroid dienone is 5. The fourth-order valence-electron chi connectivity index (χ4n) is 9.28. The summed E-state index contributed by atoms with van der Waals surface area (Å²) in [6.07, 6.45) is 12.3. The molecule has 0 saturated carbocycles. The Morgan fingerprint density at radius 3 is 1.82 bits per heavy atom. The molecule has 57 heavy (non-hydrogen) atoms. The van der Waals surface area contributed by atoms with Gasteiger partial charge in [-0.1, -0.05) is 189 Å². The minimum absolute atomic E-state index is 0.333. The van der Waals surface area contributed by atoms with Gasteiger partial charge >= 0.3 is 0 Å². The van der Waals surface area contributed by atoms with Crippen LogP contribution >= 0.6 is 0 Å². The number of benzene rings is 7. The van der Waals surface area contributed by atoms with Gasteiger partial charge in [0.25, 0.3) is 0 Å². The first-order valence-electron chi connectivity index (χ1n) is 20.1. The molecule has 0 spiro atoms. The summed E-state index contributed by atoms with van der Waals surface area (Å²) in [5, 5.41) is 0. The SMILES string of the molecule is CC1(c2cccc(-c3ccccc3C3(C4=CCCC=C4)c4ccccc4Oc4ccccc43)c2)C=C(c2ccccc2)N=C(c2cccc(-c3ccccc3)c2)C1. The normalized spacial score (nSPS) is 17.9. The lowest BCUT2D eigenvalue weighted by atomic mass is 9.61. The van der Waals surface area contributed by atoms with E-state index in [9.17, 15) is 0 Å². The van der Waals surface area contributed by atoms with Crippen molar-refractivity contribution in [2.75, 3.05) is 0 Å². The van der Waals surface area contributed by atoms with Crippen LogP contribution in [0.1, 0.15) is 59.6 Å². The highest BCUT2D eigenvalue weighted by Crippen LogP contribution is 2.58. The average Bonchev–Trinajstić information content (AvgIpc) is 3.29. The van der Waals surface area contributed by atoms with E-state index in [0.717, 1.165) is 53.3 Å². The molecule has 1 unspecified atom stereocenters. The van der Waals surface area contributed by atoms with Gasteiger partial charge in [-0.05, 0) is 87.2 Å². The van der Waals surface area contributed by atoms with Crippen molar-refractivity contribution in [3.8, 4) is 33.8 Å². The van der Waals surface area contributed by atoms with Crippen molar-refractivity contribution in [2.24, 2.45) is 4.99 Å². The van der Waals surface area contributed by atoms with Gasteiger partial charge in [-0.3, -0.25) is 4.99 Å². The maximum atomic E-state index is 6.66. The second-order valence-electron chi connectivity index (χ2n) is 15.6. The van der Waals surface area contributed by atoms with E-state index in [-0.39, 0.29) is 5.41 Å². The van der Waals surface area contributed by atoms with Crippen LogP contribution in [0.3, 0.4) is 0 Å². The summed E-state index contributed by atoms with van der Waals surface area (Å²) in [7, 11) is 0. The third-order valence-corrected chi connectivity index (χ3v) is 12.0. The highest BCUT2D eigenvalue weighted by atomic mass is 16.5. The fourth-order valence-corrected chi connectivity index (χ4v) is 9.28. The predicted molar refractivity (Wildman–Crippen MR) is 236 cm³/mol. The quantitative estimate of drug-likeness (QED) is 0.160. The number of hydrogen-bond donors (Lipinski definition) is 0. The van der Waals surface area contributed by atoms with Crippen LogP contribution in [-0.4, -0.2) is 5.71 Å². The molecule has 2 nitrogen and oxygen atoms in total. The van der Waals surface area contributed by atoms with Crippen molar-refractivity contribution in [3.05, 3.63) is 245 Å². The van der Waals surface area contributed by atoms with Crippen LogP contribution in [0.25, 0.3) is 28.0 Å². The summed E-state index contributed by atoms with van der Waals surface area (Å²) in [5.74, 6) is 1.80. The third kappa shape index (κ3) is 6.09. The number of para-hydroxylation sites is 2. The van der Waals surface area contributed by atoms with Crippen LogP contribution in [0, 0.1) is 0 Å². The van der Waals surface area contributed by atoms with Crippen LogP contribution in [-0.2, 0) is 10.8 Å². The van der Waals surface area contributed by atoms with Crippen LogP contribution < -0.4 is 4.74 Å². The summed E-state index contributed by atoms with van der Waals surface area (Å²) in [4.78, 5) is 5.39. The number of hydrogen-bond acceptors (Lipinski definition) is 2. The maximum Gasteiger partial charge on any atom is 0.132 e. The van der Waals surface area contributed by atoms with Gasteiger partial charge in [0.2, 0.25) is 0 Å². The van der Waals surface area contributed by atoms with Gasteiger partial charge in [-0.25, -0.2) is 0 Å². The van der Waals surface area contributed by atoms with Crippen LogP contribution in [0.2, 0.25) is 0 Å². The lowest BCUT2D eigenvalue weighted by Crippen LogP contribution is -2.35. The maximum absolute atomic E-state index is 6.66. The Morgan fingerprint density at radius 1 is 0.509 bits per heavy atom. The van der Waals surface area contributed by atoms with E-state index in [0.29, 0.717) is 0 Å². The van der Waals surface area contributed by atoms with Gasteiger partial charge in [-0.15, -0.1) is 0 Å². The Bertz CT molecular complexity index is 2710. The molecule has 2 aliphatic heterocycles. The molecule has 0 bridgehead atoms. The average molecular weight is 734 g/mol. The summed E-state index contributed by atoms with van der Waals surface area (Å²) < 4.78 is 6.66. The summed E-state index contributed by atoms with van der Waals surface area (Å²) in [6.45, 7) is 2.38. The molecule has 10 rings (SSSR count). The Labute approximate surface area is 335 Å². The van der Waals surface area contributed by atoms with Crippen molar-refractivity contribution < 1.29 is 4.74 Å². The molecule has 0 aromatic heterocycles. The first-order valence-corrected chi connectivity index (χ1v) is 20.1. The molecule has 0 radical (unpaired) electrons. The molecule has 2 heterocycles. The van der Waals surface area contributed by atoms with Crippen LogP contribution in [0.5, 0.6) is 11.5 Å². The van der Waals surface area contributed by atoms with E-state index in [1.165, 1.54) is 50.1 Å². The molecule has 0 amide bonds. The van der Waals surface area contributed by atoms with Crippen molar-refractivity contribution in [1.82, 2.24) is 0 Å². The zero-order valence-electron chi connectivity index (χ0n) is 32.1. The molecular weight excluding hydrogens is 691 g/mol. The minimum atomic E-state index is -0.576. The lowest BCUT2D eigenvalue weighted by Gasteiger charge is -2.43. The Kier molecular flexibility index (Phi) is 8.76. The summed E-state index contributed by atoms with van der Waals surface area (Å²) >= 11 is 0. The highest BCUT2D eigenvalue weighted by molar-refractivity contribution is 6.06. The zero-order chi connectivity index (χ0) is 38.2. The molecule has 7 aromatic rings. The van der Waals surface area contributed by atoms with Crippen LogP contribution in [0.15, 0.2) is 217 Å². The van der Waals surface area contributed by atoms with Crippen molar-refractivity contribution in [2.45, 2.75) is 37.0 Å². The third-order valence-electron chi connectivity index (χ3n) is 12.0. The zero-order valence-corrected chi connectivity index (χ0v) is 32.1. The minimum Gasteiger partial charge on any atom is -0.457 e. The van der Waals surface area contributed by atoms with Gasteiger partial charge in [-0.2, -0.15) is 0 Å². The molecule has 3 aliphatic rings. The number of aliphatic imine (C=N–C) groups is 1. The first kappa shape index (κ1) is 34.7. The van der Waals surface area contributed by atoms with Gasteiger partial charge < -0.3 is 4.74 Å². The number of rotatable bonds is 7. The molecule has 2 heteroatoms. The Balaban J connectivity index is 1.13. The number of ether oxygens (including phenoxy) is 1. The first-order chi connectivity index (χ1) is 28.1. The summed E-state index contributed by atoms with van der Waals surface area (Å²) in [6, 6.07) is 65.6. The second-order valence-corrected chi connectivity index (χ2v) is 15.6. The second kappa shape index (κ2) is 14.4. The van der Waals surface area contributed by atoms with Gasteiger partial charge in [0.15, 0.2) is 0 Å². The summed E-state index contributed by atoms with van der Waals surface area (Å²) in [5.41, 5.74) is 14.4. The topological polar surface area (TPSA) is 21.6 Å².